The van der Waals surface area contributed by atoms with Crippen LogP contribution in [0, 0.1) is 0 Å². The number of hydrogen-bond donors (Lipinski definition) is 0. The maximum atomic E-state index is 12.5. The molecule has 1 aliphatic rings. The van der Waals surface area contributed by atoms with E-state index in [1.54, 1.807) is 12.4 Å². The smallest absolute Gasteiger partial charge is 0.434 e. The second-order valence-electron chi connectivity index (χ2n) is 5.88. The van der Waals surface area contributed by atoms with Crippen LogP contribution in [0.3, 0.4) is 0 Å². The highest BCUT2D eigenvalue weighted by Crippen LogP contribution is 2.33. The van der Waals surface area contributed by atoms with Crippen molar-refractivity contribution in [2.45, 2.75) is 24.9 Å². The molecule has 0 spiro atoms. The summed E-state index contributed by atoms with van der Waals surface area (Å²) in [4.78, 5) is 27.5. The fourth-order valence-corrected chi connectivity index (χ4v) is 2.80. The molecule has 0 bridgehead atoms. The van der Waals surface area contributed by atoms with E-state index >= 15 is 0 Å². The van der Waals surface area contributed by atoms with Crippen molar-refractivity contribution in [3.05, 3.63) is 48.6 Å². The molecule has 0 aliphatic carbocycles. The summed E-state index contributed by atoms with van der Waals surface area (Å²) < 4.78 is 43.2. The molecule has 3 heterocycles. The number of hydrogen-bond acceptors (Lipinski definition) is 7. The number of alkyl halides is 3. The maximum absolute atomic E-state index is 12.5. The number of halogens is 3. The first-order valence-electron chi connectivity index (χ1n) is 8.21. The molecule has 0 aromatic carbocycles. The average Bonchev–Trinajstić information content (AvgIpc) is 2.67. The van der Waals surface area contributed by atoms with E-state index in [4.69, 9.17) is 4.74 Å². The van der Waals surface area contributed by atoms with Crippen LogP contribution in [0.4, 0.5) is 13.2 Å². The molecular formula is C17H16F3N5O2. The summed E-state index contributed by atoms with van der Waals surface area (Å²) >= 11 is 0. The zero-order valence-electron chi connectivity index (χ0n) is 14.1. The second-order valence-corrected chi connectivity index (χ2v) is 5.88. The third kappa shape index (κ3) is 4.78. The monoisotopic (exact) mass is 379 g/mol. The zero-order chi connectivity index (χ0) is 19.3. The summed E-state index contributed by atoms with van der Waals surface area (Å²) in [6, 6.07) is 0. The fourth-order valence-electron chi connectivity index (χ4n) is 2.80. The van der Waals surface area contributed by atoms with E-state index in [1.165, 1.54) is 12.3 Å². The van der Waals surface area contributed by atoms with Gasteiger partial charge in [-0.15, -0.1) is 0 Å². The molecule has 0 N–H and O–H groups in total. The molecule has 2 aromatic rings. The normalized spacial score (nSPS) is 15.9. The Kier molecular flexibility index (Phi) is 5.63. The molecule has 142 valence electrons. The highest BCUT2D eigenvalue weighted by molar-refractivity contribution is 5.64. The van der Waals surface area contributed by atoms with Crippen molar-refractivity contribution in [2.75, 3.05) is 13.1 Å². The van der Waals surface area contributed by atoms with Crippen LogP contribution in [-0.4, -0.2) is 44.2 Å². The Morgan fingerprint density at radius 3 is 2.37 bits per heavy atom. The predicted molar refractivity (Wildman–Crippen MR) is 87.9 cm³/mol. The Hall–Kier alpha value is -3.04. The minimum absolute atomic E-state index is 0.0519. The molecule has 7 nitrogen and oxygen atoms in total. The molecule has 0 radical (unpaired) electrons. The van der Waals surface area contributed by atoms with Gasteiger partial charge in [0.15, 0.2) is 5.75 Å². The quantitative estimate of drug-likeness (QED) is 0.584. The number of nitrogens with zero attached hydrogens (tertiary/aromatic N) is 5. The lowest BCUT2D eigenvalue weighted by atomic mass is 9.93. The van der Waals surface area contributed by atoms with Gasteiger partial charge in [0.2, 0.25) is 11.7 Å². The molecule has 1 saturated heterocycles. The van der Waals surface area contributed by atoms with Gasteiger partial charge in [0.05, 0.1) is 12.4 Å². The van der Waals surface area contributed by atoms with Gasteiger partial charge in [0.1, 0.15) is 12.0 Å². The average molecular weight is 379 g/mol. The lowest BCUT2D eigenvalue weighted by molar-refractivity contribution is -0.145. The molecule has 0 amide bonds. The van der Waals surface area contributed by atoms with Crippen molar-refractivity contribution < 1.29 is 22.7 Å². The van der Waals surface area contributed by atoms with Crippen molar-refractivity contribution >= 4 is 6.29 Å². The largest absolute Gasteiger partial charge is 0.451 e. The molecular weight excluding hydrogens is 363 g/mol. The predicted octanol–water partition coefficient (Wildman–Crippen LogP) is 2.97. The van der Waals surface area contributed by atoms with Gasteiger partial charge < -0.3 is 9.64 Å². The number of piperidine rings is 1. The van der Waals surface area contributed by atoms with Crippen LogP contribution in [-0.2, 0) is 11.0 Å². The van der Waals surface area contributed by atoms with Crippen molar-refractivity contribution in [1.29, 1.82) is 0 Å². The third-order valence-corrected chi connectivity index (χ3v) is 4.08. The van der Waals surface area contributed by atoms with Crippen molar-refractivity contribution in [3.63, 3.8) is 0 Å². The lowest BCUT2D eigenvalue weighted by Crippen LogP contribution is -2.29. The topological polar surface area (TPSA) is 81.1 Å². The van der Waals surface area contributed by atoms with Crippen LogP contribution in [0.25, 0.3) is 0 Å². The van der Waals surface area contributed by atoms with Gasteiger partial charge in [0.25, 0.3) is 0 Å². The molecule has 3 rings (SSSR count). The van der Waals surface area contributed by atoms with E-state index < -0.39 is 12.0 Å². The number of allylic oxidation sites excluding steroid dienone is 1. The van der Waals surface area contributed by atoms with E-state index in [1.807, 2.05) is 4.90 Å². The molecule has 0 atom stereocenters. The number of ether oxygens (including phenoxy) is 1. The van der Waals surface area contributed by atoms with Gasteiger partial charge in [-0.05, 0) is 18.9 Å². The van der Waals surface area contributed by atoms with Crippen LogP contribution in [0.15, 0.2) is 37.1 Å². The van der Waals surface area contributed by atoms with E-state index in [9.17, 15) is 18.0 Å². The molecule has 1 fully saturated rings. The van der Waals surface area contributed by atoms with E-state index in [0.717, 1.165) is 44.6 Å². The number of rotatable bonds is 5. The van der Waals surface area contributed by atoms with Crippen molar-refractivity contribution in [3.8, 4) is 11.6 Å². The van der Waals surface area contributed by atoms with E-state index in [-0.39, 0.29) is 17.5 Å². The van der Waals surface area contributed by atoms with Gasteiger partial charge in [-0.3, -0.25) is 9.78 Å². The van der Waals surface area contributed by atoms with Crippen LogP contribution < -0.4 is 4.74 Å². The molecule has 27 heavy (non-hydrogen) atoms. The second kappa shape index (κ2) is 8.11. The molecule has 10 heteroatoms. The first-order valence-corrected chi connectivity index (χ1v) is 8.21. The molecule has 0 saturated carbocycles. The first-order chi connectivity index (χ1) is 13.0. The summed E-state index contributed by atoms with van der Waals surface area (Å²) in [5.41, 5.74) is 0.636. The summed E-state index contributed by atoms with van der Waals surface area (Å²) in [7, 11) is 0. The Labute approximate surface area is 152 Å². The van der Waals surface area contributed by atoms with Gasteiger partial charge in [-0.2, -0.15) is 13.2 Å². The number of aromatic nitrogens is 4. The Morgan fingerprint density at radius 2 is 1.74 bits per heavy atom. The highest BCUT2D eigenvalue weighted by Gasteiger charge is 2.34. The minimum atomic E-state index is -4.61. The van der Waals surface area contributed by atoms with Gasteiger partial charge in [0, 0.05) is 37.6 Å². The molecule has 1 aliphatic heterocycles. The maximum Gasteiger partial charge on any atom is 0.451 e. The SMILES string of the molecule is O=CC=CN1CCC(c2nccnc2Oc2cnc(C(F)(F)F)nc2)CC1. The van der Waals surface area contributed by atoms with Crippen LogP contribution >= 0.6 is 0 Å². The minimum Gasteiger partial charge on any atom is -0.434 e. The molecule has 0 unspecified atom stereocenters. The highest BCUT2D eigenvalue weighted by atomic mass is 19.4. The standard InChI is InChI=1S/C17H16F3N5O2/c18-17(19,20)16-23-10-13(11-24-16)27-15-14(21-4-5-22-15)12-2-7-25(8-3-12)6-1-9-26/h1,4-6,9-12H,2-3,7-8H2. The fraction of sp³-hybridized carbons (Fsp3) is 0.353. The van der Waals surface area contributed by atoms with Crippen molar-refractivity contribution in [2.24, 2.45) is 0 Å². The summed E-state index contributed by atoms with van der Waals surface area (Å²) in [6.07, 6.45) is 5.79. The zero-order valence-corrected chi connectivity index (χ0v) is 14.1. The third-order valence-electron chi connectivity index (χ3n) is 4.08. The first kappa shape index (κ1) is 18.7. The number of likely N-dealkylation sites (tertiary alicyclic amines) is 1. The molecule has 2 aromatic heterocycles. The number of carbonyl (C=O) groups is 1. The summed E-state index contributed by atoms with van der Waals surface area (Å²) in [6.45, 7) is 1.49. The van der Waals surface area contributed by atoms with Crippen molar-refractivity contribution in [1.82, 2.24) is 24.8 Å². The van der Waals surface area contributed by atoms with Gasteiger partial charge >= 0.3 is 6.18 Å². The summed E-state index contributed by atoms with van der Waals surface area (Å²) in [5.74, 6) is -0.867. The number of aldehydes is 1. The Morgan fingerprint density at radius 1 is 1.07 bits per heavy atom. The van der Waals surface area contributed by atoms with Crippen LogP contribution in [0.5, 0.6) is 11.6 Å². The van der Waals surface area contributed by atoms with E-state index in [2.05, 4.69) is 19.9 Å². The lowest BCUT2D eigenvalue weighted by Gasteiger charge is -2.30. The van der Waals surface area contributed by atoms with E-state index in [0.29, 0.717) is 5.69 Å². The van der Waals surface area contributed by atoms with Crippen LogP contribution in [0.1, 0.15) is 30.3 Å². The van der Waals surface area contributed by atoms with Gasteiger partial charge in [-0.25, -0.2) is 15.0 Å². The van der Waals surface area contributed by atoms with Gasteiger partial charge in [-0.1, -0.05) is 0 Å². The summed E-state index contributed by atoms with van der Waals surface area (Å²) in [5, 5.41) is 0. The Balaban J connectivity index is 1.71. The number of carbonyl (C=O) groups excluding carboxylic acids is 1. The van der Waals surface area contributed by atoms with Crippen LogP contribution in [0.2, 0.25) is 0 Å². The Bertz CT molecular complexity index is 803.